The summed E-state index contributed by atoms with van der Waals surface area (Å²) in [6.45, 7) is 5.75. The fourth-order valence-corrected chi connectivity index (χ4v) is 4.17. The second-order valence-corrected chi connectivity index (χ2v) is 8.05. The van der Waals surface area contributed by atoms with Crippen LogP contribution >= 0.6 is 0 Å². The minimum atomic E-state index is -0.735. The molecule has 3 aromatic carbocycles. The molecule has 1 fully saturated rings. The Hall–Kier alpha value is -3.86. The van der Waals surface area contributed by atoms with Gasteiger partial charge in [-0.15, -0.1) is 0 Å². The van der Waals surface area contributed by atoms with Crippen LogP contribution in [0.5, 0.6) is 5.75 Å². The van der Waals surface area contributed by atoms with E-state index in [1.54, 1.807) is 25.3 Å². The highest BCUT2D eigenvalue weighted by atomic mass is 16.5. The van der Waals surface area contributed by atoms with Crippen LogP contribution in [0.3, 0.4) is 0 Å². The van der Waals surface area contributed by atoms with Crippen molar-refractivity contribution in [2.75, 3.05) is 12.0 Å². The van der Waals surface area contributed by atoms with Gasteiger partial charge in [0.15, 0.2) is 0 Å². The molecule has 0 spiro atoms. The minimum Gasteiger partial charge on any atom is -0.507 e. The van der Waals surface area contributed by atoms with Crippen LogP contribution in [0.25, 0.3) is 5.76 Å². The van der Waals surface area contributed by atoms with E-state index in [9.17, 15) is 14.7 Å². The van der Waals surface area contributed by atoms with Crippen LogP contribution < -0.4 is 9.64 Å². The Morgan fingerprint density at radius 3 is 2.22 bits per heavy atom. The Morgan fingerprint density at radius 1 is 0.906 bits per heavy atom. The Morgan fingerprint density at radius 2 is 1.59 bits per heavy atom. The lowest BCUT2D eigenvalue weighted by molar-refractivity contribution is -0.132. The number of anilines is 1. The van der Waals surface area contributed by atoms with Gasteiger partial charge in [0.25, 0.3) is 11.7 Å². The molecule has 3 aromatic rings. The van der Waals surface area contributed by atoms with Crippen molar-refractivity contribution in [3.8, 4) is 5.75 Å². The average molecular weight is 428 g/mol. The molecule has 1 heterocycles. The Kier molecular flexibility index (Phi) is 5.57. The predicted molar refractivity (Wildman–Crippen MR) is 125 cm³/mol. The van der Waals surface area contributed by atoms with E-state index in [4.69, 9.17) is 4.74 Å². The number of carbonyl (C=O) groups excluding carboxylic acids is 2. The number of benzene rings is 3. The normalized spacial score (nSPS) is 17.6. The Bertz CT molecular complexity index is 1240. The molecule has 1 unspecified atom stereocenters. The lowest BCUT2D eigenvalue weighted by Crippen LogP contribution is -2.29. The molecule has 0 bridgehead atoms. The highest BCUT2D eigenvalue weighted by Gasteiger charge is 2.47. The van der Waals surface area contributed by atoms with E-state index < -0.39 is 17.7 Å². The third kappa shape index (κ3) is 3.56. The quantitative estimate of drug-likeness (QED) is 0.351. The number of ether oxygens (including phenoxy) is 1. The first kappa shape index (κ1) is 21.4. The number of nitrogens with zero attached hydrogens (tertiary/aromatic N) is 1. The fourth-order valence-electron chi connectivity index (χ4n) is 4.17. The number of hydrogen-bond donors (Lipinski definition) is 1. The van der Waals surface area contributed by atoms with E-state index in [-0.39, 0.29) is 11.3 Å². The molecule has 1 amide bonds. The maximum atomic E-state index is 13.2. The van der Waals surface area contributed by atoms with Gasteiger partial charge in [0, 0.05) is 11.3 Å². The molecule has 1 N–H and O–H groups in total. The van der Waals surface area contributed by atoms with Crippen molar-refractivity contribution >= 4 is 23.1 Å². The zero-order valence-electron chi connectivity index (χ0n) is 18.5. The average Bonchev–Trinajstić information content (AvgIpc) is 3.04. The third-order valence-electron chi connectivity index (χ3n) is 5.91. The minimum absolute atomic E-state index is 0.0782. The summed E-state index contributed by atoms with van der Waals surface area (Å²) in [4.78, 5) is 27.9. The largest absolute Gasteiger partial charge is 0.507 e. The van der Waals surface area contributed by atoms with Gasteiger partial charge < -0.3 is 9.84 Å². The number of aliphatic hydroxyl groups is 1. The van der Waals surface area contributed by atoms with Crippen LogP contribution in [0.15, 0.2) is 72.3 Å². The second-order valence-electron chi connectivity index (χ2n) is 8.05. The fraction of sp³-hybridized carbons (Fsp3) is 0.185. The zero-order chi connectivity index (χ0) is 23.0. The van der Waals surface area contributed by atoms with Crippen LogP contribution in [0.4, 0.5) is 5.69 Å². The van der Waals surface area contributed by atoms with Crippen LogP contribution in [-0.4, -0.2) is 23.9 Å². The van der Waals surface area contributed by atoms with E-state index in [0.29, 0.717) is 17.0 Å². The van der Waals surface area contributed by atoms with Gasteiger partial charge in [0.2, 0.25) is 0 Å². The smallest absolute Gasteiger partial charge is 0.300 e. The van der Waals surface area contributed by atoms with Gasteiger partial charge in [-0.1, -0.05) is 42.0 Å². The SMILES string of the molecule is COc1ccc(/C(O)=C2\C(=O)C(=O)N(c3ccc(C)cc3)C2c2ccccc2C)cc1C. The maximum absolute atomic E-state index is 13.2. The molecular formula is C27H25NO4. The number of aliphatic hydroxyl groups excluding tert-OH is 1. The Labute approximate surface area is 187 Å². The molecule has 5 nitrogen and oxygen atoms in total. The summed E-state index contributed by atoms with van der Waals surface area (Å²) in [5, 5.41) is 11.3. The number of methoxy groups -OCH3 is 1. The predicted octanol–water partition coefficient (Wildman–Crippen LogP) is 5.25. The van der Waals surface area contributed by atoms with E-state index >= 15 is 0 Å². The summed E-state index contributed by atoms with van der Waals surface area (Å²) in [7, 11) is 1.58. The van der Waals surface area contributed by atoms with Crippen LogP contribution in [0, 0.1) is 20.8 Å². The summed E-state index contributed by atoms with van der Waals surface area (Å²) in [6.07, 6.45) is 0. The molecule has 1 aliphatic heterocycles. The number of Topliss-reactive ketones (excluding diaryl/α,β-unsaturated/α-hetero) is 1. The molecule has 4 rings (SSSR count). The number of carbonyl (C=O) groups is 2. The first-order valence-corrected chi connectivity index (χ1v) is 10.4. The molecule has 0 aromatic heterocycles. The topological polar surface area (TPSA) is 66.8 Å². The summed E-state index contributed by atoms with van der Waals surface area (Å²) >= 11 is 0. The third-order valence-corrected chi connectivity index (χ3v) is 5.91. The summed E-state index contributed by atoms with van der Waals surface area (Å²) in [5.41, 5.74) is 4.73. The van der Waals surface area contributed by atoms with Crippen molar-refractivity contribution in [2.24, 2.45) is 0 Å². The number of amides is 1. The van der Waals surface area contributed by atoms with Crippen molar-refractivity contribution in [3.05, 3.63) is 100 Å². The molecule has 1 aliphatic rings. The first-order valence-electron chi connectivity index (χ1n) is 10.4. The summed E-state index contributed by atoms with van der Waals surface area (Å²) < 4.78 is 5.31. The second kappa shape index (κ2) is 8.35. The lowest BCUT2D eigenvalue weighted by Gasteiger charge is -2.26. The number of aryl methyl sites for hydroxylation is 3. The molecule has 32 heavy (non-hydrogen) atoms. The molecule has 162 valence electrons. The molecule has 0 radical (unpaired) electrons. The van der Waals surface area contributed by atoms with Crippen molar-refractivity contribution in [2.45, 2.75) is 26.8 Å². The van der Waals surface area contributed by atoms with Crippen LogP contribution in [0.1, 0.15) is 33.9 Å². The Balaban J connectivity index is 1.96. The van der Waals surface area contributed by atoms with Crippen molar-refractivity contribution in [1.29, 1.82) is 0 Å². The van der Waals surface area contributed by atoms with Gasteiger partial charge in [-0.2, -0.15) is 0 Å². The number of hydrogen-bond acceptors (Lipinski definition) is 4. The first-order chi connectivity index (χ1) is 15.3. The van der Waals surface area contributed by atoms with Gasteiger partial charge in [-0.3, -0.25) is 14.5 Å². The summed E-state index contributed by atoms with van der Waals surface area (Å²) in [6, 6.07) is 19.5. The van der Waals surface area contributed by atoms with Gasteiger partial charge in [0.1, 0.15) is 11.5 Å². The molecular weight excluding hydrogens is 402 g/mol. The molecule has 0 saturated carbocycles. The molecule has 5 heteroatoms. The van der Waals surface area contributed by atoms with E-state index in [0.717, 1.165) is 22.3 Å². The molecule has 1 saturated heterocycles. The monoisotopic (exact) mass is 427 g/mol. The van der Waals surface area contributed by atoms with Crippen LogP contribution in [-0.2, 0) is 9.59 Å². The van der Waals surface area contributed by atoms with E-state index in [1.165, 1.54) is 4.90 Å². The molecule has 1 atom stereocenters. The van der Waals surface area contributed by atoms with Gasteiger partial charge in [0.05, 0.1) is 18.7 Å². The maximum Gasteiger partial charge on any atom is 0.300 e. The standard InChI is InChI=1S/C27H25NO4/c1-16-9-12-20(13-10-16)28-24(21-8-6-5-7-17(21)2)23(26(30)27(28)31)25(29)19-11-14-22(32-4)18(3)15-19/h5-15,24,29H,1-4H3/b25-23+. The number of rotatable bonds is 4. The summed E-state index contributed by atoms with van der Waals surface area (Å²) in [5.74, 6) is -0.882. The van der Waals surface area contributed by atoms with Crippen molar-refractivity contribution < 1.29 is 19.4 Å². The number of ketones is 1. The van der Waals surface area contributed by atoms with Crippen LogP contribution in [0.2, 0.25) is 0 Å². The van der Waals surface area contributed by atoms with Gasteiger partial charge >= 0.3 is 0 Å². The van der Waals surface area contributed by atoms with E-state index in [1.807, 2.05) is 69.3 Å². The van der Waals surface area contributed by atoms with Gasteiger partial charge in [-0.25, -0.2) is 0 Å². The molecule has 0 aliphatic carbocycles. The highest BCUT2D eigenvalue weighted by molar-refractivity contribution is 6.51. The van der Waals surface area contributed by atoms with Crippen molar-refractivity contribution in [1.82, 2.24) is 0 Å². The lowest BCUT2D eigenvalue weighted by atomic mass is 9.92. The highest BCUT2D eigenvalue weighted by Crippen LogP contribution is 2.43. The zero-order valence-corrected chi connectivity index (χ0v) is 18.5. The van der Waals surface area contributed by atoms with Gasteiger partial charge in [-0.05, 0) is 67.8 Å². The van der Waals surface area contributed by atoms with E-state index in [2.05, 4.69) is 0 Å². The van der Waals surface area contributed by atoms with Crippen molar-refractivity contribution in [3.63, 3.8) is 0 Å².